The Kier molecular flexibility index (Phi) is 5.12. The van der Waals surface area contributed by atoms with Crippen molar-refractivity contribution in [2.75, 3.05) is 13.7 Å². The number of hydrogen-bond donors (Lipinski definition) is 0. The molecule has 0 bridgehead atoms. The van der Waals surface area contributed by atoms with Gasteiger partial charge in [0, 0.05) is 18.6 Å². The zero-order chi connectivity index (χ0) is 13.8. The highest BCUT2D eigenvalue weighted by Crippen LogP contribution is 2.29. The van der Waals surface area contributed by atoms with Gasteiger partial charge in [-0.05, 0) is 44.4 Å². The average Bonchev–Trinajstić information content (AvgIpc) is 2.43. The fourth-order valence-electron chi connectivity index (χ4n) is 2.94. The summed E-state index contributed by atoms with van der Waals surface area (Å²) < 4.78 is 5.18. The third-order valence-corrected chi connectivity index (χ3v) is 4.61. The van der Waals surface area contributed by atoms with Gasteiger partial charge in [-0.2, -0.15) is 0 Å². The van der Waals surface area contributed by atoms with E-state index in [0.29, 0.717) is 12.1 Å². The van der Waals surface area contributed by atoms with Gasteiger partial charge in [-0.1, -0.05) is 18.6 Å². The molecule has 2 nitrogen and oxygen atoms in total. The minimum absolute atomic E-state index is 0.0499. The molecule has 1 fully saturated rings. The van der Waals surface area contributed by atoms with E-state index in [1.165, 1.54) is 24.8 Å². The molecular formula is C16H24ClNO. The van der Waals surface area contributed by atoms with Crippen molar-refractivity contribution in [3.05, 3.63) is 29.8 Å². The Bertz CT molecular complexity index is 382. The molecule has 2 rings (SSSR count). The molecule has 1 aromatic rings. The van der Waals surface area contributed by atoms with Crippen molar-refractivity contribution < 1.29 is 4.74 Å². The van der Waals surface area contributed by atoms with Gasteiger partial charge in [-0.25, -0.2) is 0 Å². The summed E-state index contributed by atoms with van der Waals surface area (Å²) >= 11 is 6.58. The number of ether oxygens (including phenoxy) is 1. The fourth-order valence-corrected chi connectivity index (χ4v) is 3.24. The zero-order valence-corrected chi connectivity index (χ0v) is 12.9. The number of likely N-dealkylation sites (tertiary alicyclic amines) is 1. The summed E-state index contributed by atoms with van der Waals surface area (Å²) in [5.41, 5.74) is 1.17. The van der Waals surface area contributed by atoms with Crippen LogP contribution in [0.25, 0.3) is 0 Å². The van der Waals surface area contributed by atoms with E-state index in [2.05, 4.69) is 30.9 Å². The molecule has 0 radical (unpaired) electrons. The molecule has 106 valence electrons. The number of methoxy groups -OCH3 is 1. The molecule has 0 N–H and O–H groups in total. The van der Waals surface area contributed by atoms with Crippen molar-refractivity contribution in [2.24, 2.45) is 0 Å². The maximum absolute atomic E-state index is 6.58. The summed E-state index contributed by atoms with van der Waals surface area (Å²) in [4.78, 5) is 2.55. The van der Waals surface area contributed by atoms with Crippen molar-refractivity contribution in [2.45, 2.75) is 50.6 Å². The van der Waals surface area contributed by atoms with Gasteiger partial charge in [0.25, 0.3) is 0 Å². The van der Waals surface area contributed by atoms with Crippen LogP contribution in [0.3, 0.4) is 0 Å². The van der Waals surface area contributed by atoms with Crippen LogP contribution in [0.2, 0.25) is 0 Å². The van der Waals surface area contributed by atoms with Crippen LogP contribution < -0.4 is 4.74 Å². The van der Waals surface area contributed by atoms with Gasteiger partial charge in [0.2, 0.25) is 0 Å². The molecular weight excluding hydrogens is 258 g/mol. The second-order valence-electron chi connectivity index (χ2n) is 5.57. The molecule has 0 saturated carbocycles. The molecule has 3 atom stereocenters. The van der Waals surface area contributed by atoms with E-state index in [-0.39, 0.29) is 5.38 Å². The Morgan fingerprint density at radius 1 is 1.21 bits per heavy atom. The van der Waals surface area contributed by atoms with Crippen LogP contribution in [0, 0.1) is 0 Å². The predicted octanol–water partition coefficient (Wildman–Crippen LogP) is 4.24. The number of nitrogens with zero attached hydrogens (tertiary/aromatic N) is 1. The summed E-state index contributed by atoms with van der Waals surface area (Å²) in [5.74, 6) is 0.882. The molecule has 1 aliphatic rings. The van der Waals surface area contributed by atoms with E-state index in [1.807, 2.05) is 12.1 Å². The standard InChI is InChI=1S/C16H24ClNO/c1-12-5-4-6-13(2)18(12)11-16(17)14-7-9-15(19-3)10-8-14/h7-10,12-13,16H,4-6,11H2,1-3H3. The second-order valence-corrected chi connectivity index (χ2v) is 6.09. The SMILES string of the molecule is COc1ccc(C(Cl)CN2C(C)CCCC2C)cc1. The van der Waals surface area contributed by atoms with Crippen LogP contribution in [0.4, 0.5) is 0 Å². The first-order valence-corrected chi connectivity index (χ1v) is 7.59. The van der Waals surface area contributed by atoms with Crippen molar-refractivity contribution >= 4 is 11.6 Å². The van der Waals surface area contributed by atoms with E-state index in [1.54, 1.807) is 7.11 Å². The highest BCUT2D eigenvalue weighted by molar-refractivity contribution is 6.21. The van der Waals surface area contributed by atoms with Crippen LogP contribution in [-0.2, 0) is 0 Å². The quantitative estimate of drug-likeness (QED) is 0.766. The number of halogens is 1. The lowest BCUT2D eigenvalue weighted by molar-refractivity contribution is 0.103. The van der Waals surface area contributed by atoms with Gasteiger partial charge < -0.3 is 4.74 Å². The smallest absolute Gasteiger partial charge is 0.118 e. The Morgan fingerprint density at radius 3 is 2.32 bits per heavy atom. The number of benzene rings is 1. The van der Waals surface area contributed by atoms with Gasteiger partial charge in [0.15, 0.2) is 0 Å². The van der Waals surface area contributed by atoms with Crippen molar-refractivity contribution in [1.29, 1.82) is 0 Å². The van der Waals surface area contributed by atoms with Crippen LogP contribution in [-0.4, -0.2) is 30.6 Å². The highest BCUT2D eigenvalue weighted by Gasteiger charge is 2.26. The summed E-state index contributed by atoms with van der Waals surface area (Å²) in [6.45, 7) is 5.55. The number of rotatable bonds is 4. The zero-order valence-electron chi connectivity index (χ0n) is 12.1. The number of alkyl halides is 1. The lowest BCUT2D eigenvalue weighted by Crippen LogP contribution is -2.45. The van der Waals surface area contributed by atoms with Crippen LogP contribution in [0.1, 0.15) is 44.1 Å². The average molecular weight is 282 g/mol. The van der Waals surface area contributed by atoms with Gasteiger partial charge >= 0.3 is 0 Å². The molecule has 0 aromatic heterocycles. The molecule has 1 saturated heterocycles. The van der Waals surface area contributed by atoms with E-state index in [9.17, 15) is 0 Å². The molecule has 1 aliphatic heterocycles. The molecule has 3 heteroatoms. The van der Waals surface area contributed by atoms with Gasteiger partial charge in [-0.3, -0.25) is 4.90 Å². The molecule has 3 unspecified atom stereocenters. The number of hydrogen-bond acceptors (Lipinski definition) is 2. The number of piperidine rings is 1. The largest absolute Gasteiger partial charge is 0.497 e. The Hall–Kier alpha value is -0.730. The van der Waals surface area contributed by atoms with Gasteiger partial charge in [0.05, 0.1) is 12.5 Å². The lowest BCUT2D eigenvalue weighted by Gasteiger charge is -2.40. The van der Waals surface area contributed by atoms with E-state index in [0.717, 1.165) is 12.3 Å². The maximum Gasteiger partial charge on any atom is 0.118 e. The fraction of sp³-hybridized carbons (Fsp3) is 0.625. The molecule has 1 aromatic carbocycles. The first-order valence-electron chi connectivity index (χ1n) is 7.15. The minimum Gasteiger partial charge on any atom is -0.497 e. The van der Waals surface area contributed by atoms with Crippen molar-refractivity contribution in [1.82, 2.24) is 4.90 Å². The normalized spacial score (nSPS) is 26.1. The van der Waals surface area contributed by atoms with Crippen LogP contribution in [0.5, 0.6) is 5.75 Å². The molecule has 0 spiro atoms. The predicted molar refractivity (Wildman–Crippen MR) is 81.1 cm³/mol. The Morgan fingerprint density at radius 2 is 1.79 bits per heavy atom. The van der Waals surface area contributed by atoms with E-state index >= 15 is 0 Å². The summed E-state index contributed by atoms with van der Waals surface area (Å²) in [7, 11) is 1.68. The monoisotopic (exact) mass is 281 g/mol. The van der Waals surface area contributed by atoms with Crippen molar-refractivity contribution in [3.8, 4) is 5.75 Å². The summed E-state index contributed by atoms with van der Waals surface area (Å²) in [5, 5.41) is 0.0499. The topological polar surface area (TPSA) is 12.5 Å². The van der Waals surface area contributed by atoms with Gasteiger partial charge in [0.1, 0.15) is 5.75 Å². The minimum atomic E-state index is 0.0499. The summed E-state index contributed by atoms with van der Waals surface area (Å²) in [6.07, 6.45) is 3.92. The Balaban J connectivity index is 2.00. The third-order valence-electron chi connectivity index (χ3n) is 4.22. The third kappa shape index (κ3) is 3.64. The first kappa shape index (κ1) is 14.7. The molecule has 19 heavy (non-hydrogen) atoms. The summed E-state index contributed by atoms with van der Waals surface area (Å²) in [6, 6.07) is 9.37. The maximum atomic E-state index is 6.58. The first-order chi connectivity index (χ1) is 9.11. The second kappa shape index (κ2) is 6.62. The molecule has 0 aliphatic carbocycles. The van der Waals surface area contributed by atoms with E-state index in [4.69, 9.17) is 16.3 Å². The van der Waals surface area contributed by atoms with Crippen LogP contribution in [0.15, 0.2) is 24.3 Å². The van der Waals surface area contributed by atoms with Crippen molar-refractivity contribution in [3.63, 3.8) is 0 Å². The van der Waals surface area contributed by atoms with Gasteiger partial charge in [-0.15, -0.1) is 11.6 Å². The van der Waals surface area contributed by atoms with E-state index < -0.39 is 0 Å². The molecule has 1 heterocycles. The highest BCUT2D eigenvalue weighted by atomic mass is 35.5. The Labute approximate surface area is 121 Å². The lowest BCUT2D eigenvalue weighted by atomic mass is 9.96. The molecule has 0 amide bonds. The van der Waals surface area contributed by atoms with Crippen LogP contribution >= 0.6 is 11.6 Å².